The molecule has 0 atom stereocenters. The topological polar surface area (TPSA) is 68.0 Å². The number of carbonyl (C=O) groups excluding carboxylic acids is 1. The van der Waals surface area contributed by atoms with Crippen LogP contribution in [-0.2, 0) is 4.79 Å². The SMILES string of the molecule is CC(C)C(=O)Nc1nonc1-c1ccc(Cl)cc1. The van der Waals surface area contributed by atoms with Crippen molar-refractivity contribution in [1.82, 2.24) is 10.3 Å². The second-order valence-corrected chi connectivity index (χ2v) is 4.55. The molecule has 18 heavy (non-hydrogen) atoms. The van der Waals surface area contributed by atoms with Crippen molar-refractivity contribution in [2.24, 2.45) is 5.92 Å². The van der Waals surface area contributed by atoms with Gasteiger partial charge in [-0.05, 0) is 22.4 Å². The third-order valence-electron chi connectivity index (χ3n) is 2.37. The van der Waals surface area contributed by atoms with Crippen molar-refractivity contribution in [3.63, 3.8) is 0 Å². The lowest BCUT2D eigenvalue weighted by molar-refractivity contribution is -0.118. The largest absolute Gasteiger partial charge is 0.306 e. The van der Waals surface area contributed by atoms with Gasteiger partial charge < -0.3 is 5.32 Å². The van der Waals surface area contributed by atoms with Gasteiger partial charge in [0.25, 0.3) is 0 Å². The van der Waals surface area contributed by atoms with Crippen molar-refractivity contribution < 1.29 is 9.42 Å². The molecule has 0 aliphatic carbocycles. The summed E-state index contributed by atoms with van der Waals surface area (Å²) >= 11 is 5.81. The van der Waals surface area contributed by atoms with Gasteiger partial charge in [0.05, 0.1) is 0 Å². The monoisotopic (exact) mass is 265 g/mol. The molecular formula is C12H12ClN3O2. The van der Waals surface area contributed by atoms with Crippen molar-refractivity contribution in [3.8, 4) is 11.3 Å². The van der Waals surface area contributed by atoms with Crippen LogP contribution < -0.4 is 5.32 Å². The Hall–Kier alpha value is -1.88. The molecule has 0 fully saturated rings. The molecular weight excluding hydrogens is 254 g/mol. The smallest absolute Gasteiger partial charge is 0.228 e. The summed E-state index contributed by atoms with van der Waals surface area (Å²) in [5.41, 5.74) is 1.26. The van der Waals surface area contributed by atoms with Crippen LogP contribution in [0, 0.1) is 5.92 Å². The van der Waals surface area contributed by atoms with E-state index in [0.717, 1.165) is 5.56 Å². The van der Waals surface area contributed by atoms with Crippen molar-refractivity contribution in [2.45, 2.75) is 13.8 Å². The number of nitrogens with one attached hydrogen (secondary N) is 1. The zero-order valence-corrected chi connectivity index (χ0v) is 10.7. The highest BCUT2D eigenvalue weighted by atomic mass is 35.5. The van der Waals surface area contributed by atoms with Gasteiger partial charge in [-0.15, -0.1) is 0 Å². The molecule has 6 heteroatoms. The Morgan fingerprint density at radius 2 is 1.94 bits per heavy atom. The Balaban J connectivity index is 2.27. The van der Waals surface area contributed by atoms with Crippen molar-refractivity contribution in [2.75, 3.05) is 5.32 Å². The summed E-state index contributed by atoms with van der Waals surface area (Å²) in [5, 5.41) is 10.8. The van der Waals surface area contributed by atoms with Crippen LogP contribution in [0.2, 0.25) is 5.02 Å². The van der Waals surface area contributed by atoms with Crippen LogP contribution in [0.15, 0.2) is 28.9 Å². The Bertz CT molecular complexity index is 549. The number of rotatable bonds is 3. The minimum atomic E-state index is -0.139. The van der Waals surface area contributed by atoms with E-state index in [9.17, 15) is 4.79 Å². The van der Waals surface area contributed by atoms with E-state index >= 15 is 0 Å². The second-order valence-electron chi connectivity index (χ2n) is 4.11. The van der Waals surface area contributed by atoms with E-state index in [1.54, 1.807) is 38.1 Å². The van der Waals surface area contributed by atoms with E-state index in [-0.39, 0.29) is 11.8 Å². The summed E-state index contributed by atoms with van der Waals surface area (Å²) < 4.78 is 4.66. The molecule has 0 radical (unpaired) electrons. The molecule has 2 aromatic rings. The maximum atomic E-state index is 11.6. The second kappa shape index (κ2) is 5.18. The summed E-state index contributed by atoms with van der Waals surface area (Å²) in [7, 11) is 0. The molecule has 0 aliphatic heterocycles. The van der Waals surface area contributed by atoms with Crippen molar-refractivity contribution in [3.05, 3.63) is 29.3 Å². The van der Waals surface area contributed by atoms with Gasteiger partial charge in [0.1, 0.15) is 0 Å². The molecule has 1 N–H and O–H groups in total. The molecule has 0 saturated heterocycles. The van der Waals surface area contributed by atoms with Crippen molar-refractivity contribution >= 4 is 23.3 Å². The fraction of sp³-hybridized carbons (Fsp3) is 0.250. The lowest BCUT2D eigenvalue weighted by atomic mass is 10.1. The number of carbonyl (C=O) groups is 1. The first-order chi connectivity index (χ1) is 8.58. The summed E-state index contributed by atoms with van der Waals surface area (Å²) in [6.07, 6.45) is 0. The summed E-state index contributed by atoms with van der Waals surface area (Å²) in [4.78, 5) is 11.6. The zero-order valence-electron chi connectivity index (χ0n) is 9.98. The summed E-state index contributed by atoms with van der Waals surface area (Å²) in [6.45, 7) is 3.59. The fourth-order valence-electron chi connectivity index (χ4n) is 1.33. The van der Waals surface area contributed by atoms with Crippen LogP contribution >= 0.6 is 11.6 Å². The number of aromatic nitrogens is 2. The van der Waals surface area contributed by atoms with Crippen LogP contribution in [-0.4, -0.2) is 16.2 Å². The molecule has 1 amide bonds. The Labute approximate surface area is 109 Å². The molecule has 0 bridgehead atoms. The highest BCUT2D eigenvalue weighted by Crippen LogP contribution is 2.25. The lowest BCUT2D eigenvalue weighted by Gasteiger charge is -2.05. The van der Waals surface area contributed by atoms with Crippen LogP contribution in [0.5, 0.6) is 0 Å². The summed E-state index contributed by atoms with van der Waals surface area (Å²) in [6, 6.07) is 7.04. The van der Waals surface area contributed by atoms with E-state index in [4.69, 9.17) is 11.6 Å². The molecule has 0 unspecified atom stereocenters. The number of halogens is 1. The maximum absolute atomic E-state index is 11.6. The quantitative estimate of drug-likeness (QED) is 0.926. The van der Waals surface area contributed by atoms with E-state index in [0.29, 0.717) is 16.5 Å². The van der Waals surface area contributed by atoms with E-state index in [2.05, 4.69) is 20.3 Å². The fourth-order valence-corrected chi connectivity index (χ4v) is 1.45. The van der Waals surface area contributed by atoms with Crippen LogP contribution in [0.4, 0.5) is 5.82 Å². The molecule has 94 valence electrons. The molecule has 5 nitrogen and oxygen atoms in total. The predicted molar refractivity (Wildman–Crippen MR) is 68.2 cm³/mol. The van der Waals surface area contributed by atoms with Gasteiger partial charge in [0.2, 0.25) is 11.7 Å². The Kier molecular flexibility index (Phi) is 3.62. The first-order valence-corrected chi connectivity index (χ1v) is 5.85. The van der Waals surface area contributed by atoms with Crippen LogP contribution in [0.3, 0.4) is 0 Å². The van der Waals surface area contributed by atoms with Gasteiger partial charge >= 0.3 is 0 Å². The number of anilines is 1. The Morgan fingerprint density at radius 3 is 2.56 bits per heavy atom. The molecule has 0 aliphatic rings. The average molecular weight is 266 g/mol. The van der Waals surface area contributed by atoms with E-state index in [1.807, 2.05) is 0 Å². The van der Waals surface area contributed by atoms with Gasteiger partial charge in [-0.3, -0.25) is 4.79 Å². The molecule has 1 aromatic carbocycles. The molecule has 0 spiro atoms. The molecule has 1 heterocycles. The van der Waals surface area contributed by atoms with E-state index in [1.165, 1.54) is 0 Å². The van der Waals surface area contributed by atoms with Crippen molar-refractivity contribution in [1.29, 1.82) is 0 Å². The van der Waals surface area contributed by atoms with Crippen LogP contribution in [0.25, 0.3) is 11.3 Å². The normalized spacial score (nSPS) is 10.7. The van der Waals surface area contributed by atoms with Gasteiger partial charge in [-0.2, -0.15) is 0 Å². The number of amides is 1. The Morgan fingerprint density at radius 1 is 1.28 bits per heavy atom. The summed E-state index contributed by atoms with van der Waals surface area (Å²) in [5.74, 6) is 0.0386. The van der Waals surface area contributed by atoms with E-state index < -0.39 is 0 Å². The minimum absolute atomic E-state index is 0.138. The van der Waals surface area contributed by atoms with Crippen LogP contribution in [0.1, 0.15) is 13.8 Å². The van der Waals surface area contributed by atoms with Gasteiger partial charge in [-0.25, -0.2) is 4.63 Å². The average Bonchev–Trinajstić information content (AvgIpc) is 2.78. The first-order valence-electron chi connectivity index (χ1n) is 5.47. The first kappa shape index (κ1) is 12.6. The zero-order chi connectivity index (χ0) is 13.1. The molecule has 1 aromatic heterocycles. The highest BCUT2D eigenvalue weighted by Gasteiger charge is 2.16. The highest BCUT2D eigenvalue weighted by molar-refractivity contribution is 6.30. The number of nitrogens with zero attached hydrogens (tertiary/aromatic N) is 2. The number of hydrogen-bond donors (Lipinski definition) is 1. The van der Waals surface area contributed by atoms with Gasteiger partial charge in [0, 0.05) is 16.5 Å². The standard InChI is InChI=1S/C12H12ClN3O2/c1-7(2)12(17)14-11-10(15-18-16-11)8-3-5-9(13)6-4-8/h3-7H,1-2H3,(H,14,16,17). The van der Waals surface area contributed by atoms with Gasteiger partial charge in [0.15, 0.2) is 5.69 Å². The lowest BCUT2D eigenvalue weighted by Crippen LogP contribution is -2.18. The predicted octanol–water partition coefficient (Wildman–Crippen LogP) is 2.98. The number of benzene rings is 1. The third kappa shape index (κ3) is 2.68. The third-order valence-corrected chi connectivity index (χ3v) is 2.62. The minimum Gasteiger partial charge on any atom is -0.306 e. The molecule has 0 saturated carbocycles. The van der Waals surface area contributed by atoms with Gasteiger partial charge in [-0.1, -0.05) is 37.6 Å². The molecule has 2 rings (SSSR count). The number of hydrogen-bond acceptors (Lipinski definition) is 4. The maximum Gasteiger partial charge on any atom is 0.228 e.